The summed E-state index contributed by atoms with van der Waals surface area (Å²) in [6.45, 7) is 6.40. The molecule has 1 aliphatic heterocycles. The normalized spacial score (nSPS) is 27.4. The number of nitrogens with two attached hydrogens (primary N) is 1. The van der Waals surface area contributed by atoms with Crippen LogP contribution in [0.15, 0.2) is 0 Å². The average Bonchev–Trinajstić information content (AvgIpc) is 2.32. The third kappa shape index (κ3) is 3.51. The summed E-state index contributed by atoms with van der Waals surface area (Å²) in [5.74, 6) is 0. The van der Waals surface area contributed by atoms with E-state index < -0.39 is 11.7 Å². The fourth-order valence-electron chi connectivity index (χ4n) is 1.18. The fourth-order valence-corrected chi connectivity index (χ4v) is 1.18. The van der Waals surface area contributed by atoms with Gasteiger partial charge in [-0.1, -0.05) is 0 Å². The number of rotatable bonds is 1. The molecule has 1 rings (SSSR count). The zero-order valence-electron chi connectivity index (χ0n) is 8.87. The number of nitrogens with one attached hydrogen (secondary N) is 1. The van der Waals surface area contributed by atoms with Crippen LogP contribution < -0.4 is 11.1 Å². The summed E-state index contributed by atoms with van der Waals surface area (Å²) in [6, 6.07) is -0.271. The molecular formula is C9H18N2O3. The van der Waals surface area contributed by atoms with Crippen molar-refractivity contribution < 1.29 is 14.3 Å². The maximum Gasteiger partial charge on any atom is 0.408 e. The maximum absolute atomic E-state index is 11.3. The van der Waals surface area contributed by atoms with E-state index in [9.17, 15) is 4.79 Å². The molecule has 0 aromatic rings. The van der Waals surface area contributed by atoms with E-state index in [0.717, 1.165) is 0 Å². The van der Waals surface area contributed by atoms with Crippen molar-refractivity contribution in [2.75, 3.05) is 13.2 Å². The van der Waals surface area contributed by atoms with E-state index in [-0.39, 0.29) is 12.1 Å². The van der Waals surface area contributed by atoms with E-state index in [2.05, 4.69) is 5.32 Å². The van der Waals surface area contributed by atoms with Gasteiger partial charge in [-0.15, -0.1) is 0 Å². The number of amides is 1. The molecule has 5 heteroatoms. The van der Waals surface area contributed by atoms with Gasteiger partial charge in [-0.05, 0) is 20.8 Å². The molecule has 1 aliphatic rings. The van der Waals surface area contributed by atoms with Crippen LogP contribution in [0.1, 0.15) is 20.8 Å². The standard InChI is InChI=1S/C9H18N2O3/c1-9(2,3)14-8(12)11-7-5-13-4-6(7)10/h6-7H,4-5,10H2,1-3H3,(H,11,12)/t6-,7+/m0/s1. The van der Waals surface area contributed by atoms with Crippen LogP contribution in [-0.2, 0) is 9.47 Å². The Morgan fingerprint density at radius 3 is 2.57 bits per heavy atom. The molecule has 0 aromatic carbocycles. The molecule has 1 amide bonds. The zero-order valence-corrected chi connectivity index (χ0v) is 8.87. The van der Waals surface area contributed by atoms with Gasteiger partial charge >= 0.3 is 6.09 Å². The van der Waals surface area contributed by atoms with Gasteiger partial charge in [0.15, 0.2) is 0 Å². The van der Waals surface area contributed by atoms with Gasteiger partial charge < -0.3 is 20.5 Å². The van der Waals surface area contributed by atoms with Crippen LogP contribution in [0, 0.1) is 0 Å². The second kappa shape index (κ2) is 4.14. The zero-order chi connectivity index (χ0) is 10.8. The molecule has 0 aromatic heterocycles. The van der Waals surface area contributed by atoms with Crippen LogP contribution in [0.5, 0.6) is 0 Å². The number of alkyl carbamates (subject to hydrolysis) is 1. The van der Waals surface area contributed by atoms with Crippen molar-refractivity contribution in [3.8, 4) is 0 Å². The lowest BCUT2D eigenvalue weighted by atomic mass is 10.2. The van der Waals surface area contributed by atoms with Crippen LogP contribution in [0.2, 0.25) is 0 Å². The molecule has 0 aliphatic carbocycles. The molecular weight excluding hydrogens is 184 g/mol. The van der Waals surface area contributed by atoms with Crippen molar-refractivity contribution in [2.45, 2.75) is 38.5 Å². The summed E-state index contributed by atoms with van der Waals surface area (Å²) >= 11 is 0. The van der Waals surface area contributed by atoms with Crippen LogP contribution in [-0.4, -0.2) is 37.0 Å². The molecule has 0 saturated carbocycles. The van der Waals surface area contributed by atoms with E-state index in [1.54, 1.807) is 0 Å². The van der Waals surface area contributed by atoms with E-state index in [4.69, 9.17) is 15.2 Å². The van der Waals surface area contributed by atoms with Crippen molar-refractivity contribution >= 4 is 6.09 Å². The van der Waals surface area contributed by atoms with E-state index in [1.165, 1.54) is 0 Å². The van der Waals surface area contributed by atoms with Gasteiger partial charge in [-0.3, -0.25) is 0 Å². The van der Waals surface area contributed by atoms with Crippen molar-refractivity contribution in [1.29, 1.82) is 0 Å². The fraction of sp³-hybridized carbons (Fsp3) is 0.889. The molecule has 0 radical (unpaired) electrons. The van der Waals surface area contributed by atoms with Crippen LogP contribution in [0.4, 0.5) is 4.79 Å². The summed E-state index contributed by atoms with van der Waals surface area (Å²) in [6.07, 6.45) is -0.441. The number of hydrogen-bond acceptors (Lipinski definition) is 4. The highest BCUT2D eigenvalue weighted by molar-refractivity contribution is 5.68. The Bertz CT molecular complexity index is 213. The Hall–Kier alpha value is -0.810. The van der Waals surface area contributed by atoms with Gasteiger partial charge in [0.25, 0.3) is 0 Å². The van der Waals surface area contributed by atoms with E-state index in [1.807, 2.05) is 20.8 Å². The quantitative estimate of drug-likeness (QED) is 0.638. The summed E-state index contributed by atoms with van der Waals surface area (Å²) in [4.78, 5) is 11.3. The largest absolute Gasteiger partial charge is 0.444 e. The summed E-state index contributed by atoms with van der Waals surface area (Å²) in [5, 5.41) is 2.67. The third-order valence-electron chi connectivity index (χ3n) is 1.83. The molecule has 1 saturated heterocycles. The SMILES string of the molecule is CC(C)(C)OC(=O)N[C@@H]1COC[C@@H]1N. The highest BCUT2D eigenvalue weighted by Gasteiger charge is 2.28. The predicted molar refractivity (Wildman–Crippen MR) is 52.0 cm³/mol. The second-order valence-electron chi connectivity index (χ2n) is 4.45. The molecule has 2 atom stereocenters. The van der Waals surface area contributed by atoms with Gasteiger partial charge in [0.1, 0.15) is 5.60 Å². The first-order valence-corrected chi connectivity index (χ1v) is 4.71. The smallest absolute Gasteiger partial charge is 0.408 e. The van der Waals surface area contributed by atoms with Crippen LogP contribution in [0.25, 0.3) is 0 Å². The Labute approximate surface area is 83.9 Å². The van der Waals surface area contributed by atoms with Crippen molar-refractivity contribution in [3.63, 3.8) is 0 Å². The number of hydrogen-bond donors (Lipinski definition) is 2. The minimum Gasteiger partial charge on any atom is -0.444 e. The maximum atomic E-state index is 11.3. The number of ether oxygens (including phenoxy) is 2. The molecule has 14 heavy (non-hydrogen) atoms. The lowest BCUT2D eigenvalue weighted by Crippen LogP contribution is -2.48. The van der Waals surface area contributed by atoms with Crippen molar-refractivity contribution in [3.05, 3.63) is 0 Å². The van der Waals surface area contributed by atoms with Crippen LogP contribution >= 0.6 is 0 Å². The molecule has 0 spiro atoms. The predicted octanol–water partition coefficient (Wildman–Crippen LogP) is 0.237. The van der Waals surface area contributed by atoms with E-state index >= 15 is 0 Å². The van der Waals surface area contributed by atoms with Gasteiger partial charge in [0.2, 0.25) is 0 Å². The Kier molecular flexibility index (Phi) is 3.34. The van der Waals surface area contributed by atoms with Gasteiger partial charge in [-0.25, -0.2) is 4.79 Å². The lowest BCUT2D eigenvalue weighted by molar-refractivity contribution is 0.0496. The summed E-state index contributed by atoms with van der Waals surface area (Å²) in [7, 11) is 0. The average molecular weight is 202 g/mol. The topological polar surface area (TPSA) is 73.6 Å². The highest BCUT2D eigenvalue weighted by atomic mass is 16.6. The first-order chi connectivity index (χ1) is 6.38. The number of carbonyl (C=O) groups is 1. The first-order valence-electron chi connectivity index (χ1n) is 4.71. The van der Waals surface area contributed by atoms with E-state index in [0.29, 0.717) is 13.2 Å². The van der Waals surface area contributed by atoms with Crippen molar-refractivity contribution in [1.82, 2.24) is 5.32 Å². The summed E-state index contributed by atoms with van der Waals surface area (Å²) < 4.78 is 10.2. The molecule has 1 fully saturated rings. The molecule has 0 unspecified atom stereocenters. The van der Waals surface area contributed by atoms with Crippen LogP contribution in [0.3, 0.4) is 0 Å². The molecule has 3 N–H and O–H groups in total. The number of carbonyl (C=O) groups excluding carboxylic acids is 1. The van der Waals surface area contributed by atoms with Gasteiger partial charge in [-0.2, -0.15) is 0 Å². The Morgan fingerprint density at radius 2 is 2.14 bits per heavy atom. The third-order valence-corrected chi connectivity index (χ3v) is 1.83. The monoisotopic (exact) mass is 202 g/mol. The lowest BCUT2D eigenvalue weighted by Gasteiger charge is -2.22. The molecule has 0 bridgehead atoms. The molecule has 82 valence electrons. The molecule has 1 heterocycles. The first kappa shape index (κ1) is 11.3. The minimum atomic E-state index is -0.479. The van der Waals surface area contributed by atoms with Crippen molar-refractivity contribution in [2.24, 2.45) is 5.73 Å². The Balaban J connectivity index is 2.33. The molecule has 5 nitrogen and oxygen atoms in total. The van der Waals surface area contributed by atoms with Gasteiger partial charge in [0, 0.05) is 0 Å². The highest BCUT2D eigenvalue weighted by Crippen LogP contribution is 2.08. The minimum absolute atomic E-state index is 0.134. The second-order valence-corrected chi connectivity index (χ2v) is 4.45. The Morgan fingerprint density at radius 1 is 1.50 bits per heavy atom. The van der Waals surface area contributed by atoms with Gasteiger partial charge in [0.05, 0.1) is 25.3 Å². The summed E-state index contributed by atoms with van der Waals surface area (Å²) in [5.41, 5.74) is 5.22.